The van der Waals surface area contributed by atoms with Gasteiger partial charge in [0.2, 0.25) is 0 Å². The number of nitrogens with two attached hydrogens (primary N) is 1. The Morgan fingerprint density at radius 3 is 2.73 bits per heavy atom. The molecular formula is C11H21N3O. The molecule has 2 atom stereocenters. The average Bonchev–Trinajstić information content (AvgIpc) is 2.65. The zero-order valence-electron chi connectivity index (χ0n) is 9.77. The van der Waals surface area contributed by atoms with Gasteiger partial charge in [-0.25, -0.2) is 0 Å². The maximum atomic E-state index is 9.69. The third-order valence-electron chi connectivity index (χ3n) is 3.09. The van der Waals surface area contributed by atoms with Crippen LogP contribution in [0.5, 0.6) is 0 Å². The quantitative estimate of drug-likeness (QED) is 0.757. The summed E-state index contributed by atoms with van der Waals surface area (Å²) in [6, 6.07) is 0. The molecular weight excluding hydrogens is 190 g/mol. The molecule has 0 aliphatic carbocycles. The predicted molar refractivity (Wildman–Crippen MR) is 60.4 cm³/mol. The third-order valence-corrected chi connectivity index (χ3v) is 3.09. The van der Waals surface area contributed by atoms with Crippen molar-refractivity contribution in [2.24, 2.45) is 11.1 Å². The molecule has 2 unspecified atom stereocenters. The van der Waals surface area contributed by atoms with Crippen molar-refractivity contribution in [1.29, 1.82) is 0 Å². The Bertz CT molecular complexity index is 309. The predicted octanol–water partition coefficient (Wildman–Crippen LogP) is 0.791. The van der Waals surface area contributed by atoms with E-state index in [-0.39, 0.29) is 5.41 Å². The molecule has 4 heteroatoms. The van der Waals surface area contributed by atoms with Crippen LogP contribution in [0.2, 0.25) is 0 Å². The fourth-order valence-corrected chi connectivity index (χ4v) is 1.53. The maximum absolute atomic E-state index is 9.69. The second kappa shape index (κ2) is 4.77. The maximum Gasteiger partial charge on any atom is 0.0580 e. The molecule has 4 nitrogen and oxygen atoms in total. The number of aromatic nitrogens is 2. The normalized spacial score (nSPS) is 17.4. The first-order valence-corrected chi connectivity index (χ1v) is 5.41. The van der Waals surface area contributed by atoms with Gasteiger partial charge in [-0.2, -0.15) is 5.10 Å². The Balaban J connectivity index is 2.74. The van der Waals surface area contributed by atoms with E-state index in [0.717, 1.165) is 18.5 Å². The Morgan fingerprint density at radius 2 is 2.33 bits per heavy atom. The average molecular weight is 211 g/mol. The molecule has 1 heterocycles. The largest absolute Gasteiger partial charge is 0.393 e. The zero-order chi connectivity index (χ0) is 11.5. The molecule has 0 aliphatic rings. The summed E-state index contributed by atoms with van der Waals surface area (Å²) in [7, 11) is 0. The number of rotatable bonds is 5. The monoisotopic (exact) mass is 211 g/mol. The van der Waals surface area contributed by atoms with Crippen LogP contribution in [-0.4, -0.2) is 27.5 Å². The molecule has 86 valence electrons. The SMILES string of the molecule is CCn1cc(CC(C)(CN)C(C)O)cn1. The summed E-state index contributed by atoms with van der Waals surface area (Å²) in [6.45, 7) is 7.18. The van der Waals surface area contributed by atoms with E-state index in [1.165, 1.54) is 0 Å². The smallest absolute Gasteiger partial charge is 0.0580 e. The number of aliphatic hydroxyl groups excluding tert-OH is 1. The van der Waals surface area contributed by atoms with Crippen LogP contribution in [0.1, 0.15) is 26.3 Å². The highest BCUT2D eigenvalue weighted by molar-refractivity contribution is 5.08. The lowest BCUT2D eigenvalue weighted by Crippen LogP contribution is -2.39. The third kappa shape index (κ3) is 2.79. The molecule has 1 rings (SSSR count). The topological polar surface area (TPSA) is 64.1 Å². The van der Waals surface area contributed by atoms with Crippen LogP contribution >= 0.6 is 0 Å². The summed E-state index contributed by atoms with van der Waals surface area (Å²) >= 11 is 0. The summed E-state index contributed by atoms with van der Waals surface area (Å²) in [5.74, 6) is 0. The van der Waals surface area contributed by atoms with Gasteiger partial charge < -0.3 is 10.8 Å². The molecule has 1 aromatic rings. The summed E-state index contributed by atoms with van der Waals surface area (Å²) in [5.41, 5.74) is 6.58. The first-order valence-electron chi connectivity index (χ1n) is 5.41. The minimum absolute atomic E-state index is 0.262. The fourth-order valence-electron chi connectivity index (χ4n) is 1.53. The van der Waals surface area contributed by atoms with Crippen LogP contribution in [0, 0.1) is 5.41 Å². The molecule has 0 spiro atoms. The van der Waals surface area contributed by atoms with E-state index >= 15 is 0 Å². The van der Waals surface area contributed by atoms with Crippen LogP contribution in [0.15, 0.2) is 12.4 Å². The van der Waals surface area contributed by atoms with Crippen molar-refractivity contribution in [3.05, 3.63) is 18.0 Å². The molecule has 3 N–H and O–H groups in total. The van der Waals surface area contributed by atoms with Crippen molar-refractivity contribution in [1.82, 2.24) is 9.78 Å². The summed E-state index contributed by atoms with van der Waals surface area (Å²) in [4.78, 5) is 0. The van der Waals surface area contributed by atoms with Crippen LogP contribution in [0.4, 0.5) is 0 Å². The highest BCUT2D eigenvalue weighted by atomic mass is 16.3. The van der Waals surface area contributed by atoms with Gasteiger partial charge in [-0.1, -0.05) is 6.92 Å². The highest BCUT2D eigenvalue weighted by Crippen LogP contribution is 2.25. The number of hydrogen-bond donors (Lipinski definition) is 2. The minimum atomic E-state index is -0.410. The van der Waals surface area contributed by atoms with Crippen LogP contribution in [0.3, 0.4) is 0 Å². The van der Waals surface area contributed by atoms with Gasteiger partial charge >= 0.3 is 0 Å². The Labute approximate surface area is 91.1 Å². The summed E-state index contributed by atoms with van der Waals surface area (Å²) in [5, 5.41) is 13.9. The number of hydrogen-bond acceptors (Lipinski definition) is 3. The van der Waals surface area contributed by atoms with Crippen molar-refractivity contribution in [3.63, 3.8) is 0 Å². The molecule has 0 radical (unpaired) electrons. The molecule has 0 bridgehead atoms. The van der Waals surface area contributed by atoms with E-state index in [9.17, 15) is 5.11 Å². The van der Waals surface area contributed by atoms with Crippen molar-refractivity contribution in [2.45, 2.75) is 39.8 Å². The molecule has 15 heavy (non-hydrogen) atoms. The van der Waals surface area contributed by atoms with E-state index < -0.39 is 6.10 Å². The second-order valence-corrected chi connectivity index (χ2v) is 4.42. The van der Waals surface area contributed by atoms with Crippen molar-refractivity contribution >= 4 is 0 Å². The highest BCUT2D eigenvalue weighted by Gasteiger charge is 2.29. The van der Waals surface area contributed by atoms with Crippen LogP contribution in [0.25, 0.3) is 0 Å². The van der Waals surface area contributed by atoms with E-state index in [1.54, 1.807) is 6.92 Å². The van der Waals surface area contributed by atoms with E-state index in [2.05, 4.69) is 5.10 Å². The van der Waals surface area contributed by atoms with Gasteiger partial charge in [0.25, 0.3) is 0 Å². The number of aliphatic hydroxyl groups is 1. The van der Waals surface area contributed by atoms with E-state index in [0.29, 0.717) is 6.54 Å². The lowest BCUT2D eigenvalue weighted by Gasteiger charge is -2.30. The van der Waals surface area contributed by atoms with Crippen molar-refractivity contribution in [2.75, 3.05) is 6.54 Å². The van der Waals surface area contributed by atoms with Gasteiger partial charge in [-0.3, -0.25) is 4.68 Å². The Kier molecular flexibility index (Phi) is 3.88. The van der Waals surface area contributed by atoms with Crippen LogP contribution < -0.4 is 5.73 Å². The lowest BCUT2D eigenvalue weighted by atomic mass is 9.80. The van der Waals surface area contributed by atoms with Gasteiger partial charge in [0.1, 0.15) is 0 Å². The van der Waals surface area contributed by atoms with Gasteiger partial charge in [0.15, 0.2) is 0 Å². The Hall–Kier alpha value is -0.870. The molecule has 0 amide bonds. The second-order valence-electron chi connectivity index (χ2n) is 4.42. The summed E-state index contributed by atoms with van der Waals surface area (Å²) in [6.07, 6.45) is 4.21. The lowest BCUT2D eigenvalue weighted by molar-refractivity contribution is 0.0589. The van der Waals surface area contributed by atoms with Gasteiger partial charge in [0.05, 0.1) is 12.3 Å². The molecule has 0 aliphatic heterocycles. The van der Waals surface area contributed by atoms with Crippen molar-refractivity contribution < 1.29 is 5.11 Å². The first kappa shape index (κ1) is 12.2. The molecule has 0 fully saturated rings. The molecule has 0 aromatic carbocycles. The van der Waals surface area contributed by atoms with E-state index in [1.807, 2.05) is 30.9 Å². The van der Waals surface area contributed by atoms with Crippen LogP contribution in [-0.2, 0) is 13.0 Å². The van der Waals surface area contributed by atoms with E-state index in [4.69, 9.17) is 5.73 Å². The minimum Gasteiger partial charge on any atom is -0.393 e. The summed E-state index contributed by atoms with van der Waals surface area (Å²) < 4.78 is 1.88. The van der Waals surface area contributed by atoms with Gasteiger partial charge in [-0.05, 0) is 25.8 Å². The van der Waals surface area contributed by atoms with Crippen molar-refractivity contribution in [3.8, 4) is 0 Å². The molecule has 0 saturated heterocycles. The zero-order valence-corrected chi connectivity index (χ0v) is 9.77. The molecule has 0 saturated carbocycles. The fraction of sp³-hybridized carbons (Fsp3) is 0.727. The van der Waals surface area contributed by atoms with Gasteiger partial charge in [0, 0.05) is 24.7 Å². The molecule has 1 aromatic heterocycles. The standard InChI is InChI=1S/C11H21N3O/c1-4-14-7-10(6-13-14)5-11(3,8-12)9(2)15/h6-7,9,15H,4-5,8,12H2,1-3H3. The Morgan fingerprint density at radius 1 is 1.67 bits per heavy atom. The van der Waals surface area contributed by atoms with Gasteiger partial charge in [-0.15, -0.1) is 0 Å². The first-order chi connectivity index (χ1) is 7.01. The number of aryl methyl sites for hydroxylation is 1. The number of nitrogens with zero attached hydrogens (tertiary/aromatic N) is 2.